The largest absolute Gasteiger partial charge is 0.298 e. The summed E-state index contributed by atoms with van der Waals surface area (Å²) in [6, 6.07) is 13.8. The van der Waals surface area contributed by atoms with E-state index in [1.54, 1.807) is 11.3 Å². The first-order valence-corrected chi connectivity index (χ1v) is 8.80. The summed E-state index contributed by atoms with van der Waals surface area (Å²) in [5.74, 6) is 0.630. The number of rotatable bonds is 2. The number of nitrogens with one attached hydrogen (secondary N) is 1. The van der Waals surface area contributed by atoms with Crippen molar-refractivity contribution in [1.29, 1.82) is 0 Å². The number of carbonyl (C=O) groups excluding carboxylic acids is 1. The maximum absolute atomic E-state index is 12.7. The van der Waals surface area contributed by atoms with Crippen molar-refractivity contribution in [3.05, 3.63) is 58.6 Å². The van der Waals surface area contributed by atoms with Gasteiger partial charge in [0.15, 0.2) is 5.13 Å². The molecule has 3 aromatic rings. The maximum Gasteiger partial charge on any atom is 0.258 e. The molecular formula is C19H18N2OS. The van der Waals surface area contributed by atoms with Gasteiger partial charge in [-0.15, -0.1) is 11.3 Å². The molecule has 1 atom stereocenters. The SMILES string of the molecule is CC1CCc2nc(NC(=O)c3cccc4ccccc34)sc2C1. The molecule has 1 N–H and O–H groups in total. The Hall–Kier alpha value is -2.20. The van der Waals surface area contributed by atoms with Gasteiger partial charge in [-0.2, -0.15) is 0 Å². The van der Waals surface area contributed by atoms with Gasteiger partial charge in [0.25, 0.3) is 5.91 Å². The van der Waals surface area contributed by atoms with Crippen LogP contribution in [0.25, 0.3) is 10.8 Å². The number of nitrogens with zero attached hydrogens (tertiary/aromatic N) is 1. The van der Waals surface area contributed by atoms with Crippen LogP contribution in [0.5, 0.6) is 0 Å². The molecule has 0 aliphatic heterocycles. The van der Waals surface area contributed by atoms with Crippen LogP contribution < -0.4 is 5.32 Å². The first kappa shape index (κ1) is 14.4. The zero-order chi connectivity index (χ0) is 15.8. The molecule has 0 spiro atoms. The summed E-state index contributed by atoms with van der Waals surface area (Å²) in [5.41, 5.74) is 1.87. The Morgan fingerprint density at radius 1 is 1.22 bits per heavy atom. The molecule has 0 radical (unpaired) electrons. The lowest BCUT2D eigenvalue weighted by Gasteiger charge is -2.15. The fourth-order valence-corrected chi connectivity index (χ4v) is 4.35. The van der Waals surface area contributed by atoms with E-state index in [1.165, 1.54) is 17.0 Å². The molecule has 1 aromatic heterocycles. The van der Waals surface area contributed by atoms with Gasteiger partial charge in [0.2, 0.25) is 0 Å². The van der Waals surface area contributed by atoms with Crippen LogP contribution in [0, 0.1) is 5.92 Å². The smallest absolute Gasteiger partial charge is 0.258 e. The number of thiazole rings is 1. The van der Waals surface area contributed by atoms with Gasteiger partial charge in [-0.05, 0) is 42.0 Å². The van der Waals surface area contributed by atoms with Crippen LogP contribution in [0.4, 0.5) is 5.13 Å². The average Bonchev–Trinajstić information content (AvgIpc) is 2.95. The molecule has 3 nitrogen and oxygen atoms in total. The second-order valence-corrected chi connectivity index (χ2v) is 7.30. The summed E-state index contributed by atoms with van der Waals surface area (Å²) in [4.78, 5) is 18.6. The standard InChI is InChI=1S/C19H18N2OS/c1-12-9-10-16-17(11-12)23-19(20-16)21-18(22)15-8-4-6-13-5-2-3-7-14(13)15/h2-8,12H,9-11H2,1H3,(H,20,21,22). The summed E-state index contributed by atoms with van der Waals surface area (Å²) in [6.45, 7) is 2.27. The van der Waals surface area contributed by atoms with E-state index in [9.17, 15) is 4.79 Å². The van der Waals surface area contributed by atoms with E-state index in [0.29, 0.717) is 11.5 Å². The van der Waals surface area contributed by atoms with E-state index in [1.807, 2.05) is 42.5 Å². The monoisotopic (exact) mass is 322 g/mol. The molecule has 0 saturated heterocycles. The van der Waals surface area contributed by atoms with Gasteiger partial charge in [0.1, 0.15) is 0 Å². The lowest BCUT2D eigenvalue weighted by Crippen LogP contribution is -2.12. The highest BCUT2D eigenvalue weighted by Crippen LogP contribution is 2.32. The minimum absolute atomic E-state index is 0.0825. The predicted octanol–water partition coefficient (Wildman–Crippen LogP) is 4.67. The lowest BCUT2D eigenvalue weighted by molar-refractivity contribution is 0.102. The molecule has 4 rings (SSSR count). The minimum atomic E-state index is -0.0825. The van der Waals surface area contributed by atoms with Crippen molar-refractivity contribution in [2.45, 2.75) is 26.2 Å². The molecule has 2 aromatic carbocycles. The maximum atomic E-state index is 12.7. The Labute approximate surface area is 139 Å². The molecule has 0 fully saturated rings. The molecule has 116 valence electrons. The molecule has 23 heavy (non-hydrogen) atoms. The molecule has 0 saturated carbocycles. The zero-order valence-corrected chi connectivity index (χ0v) is 13.8. The Morgan fingerprint density at radius 3 is 2.96 bits per heavy atom. The van der Waals surface area contributed by atoms with E-state index in [4.69, 9.17) is 0 Å². The van der Waals surface area contributed by atoms with E-state index in [0.717, 1.165) is 28.7 Å². The van der Waals surface area contributed by atoms with Crippen LogP contribution in [0.1, 0.15) is 34.3 Å². The van der Waals surface area contributed by atoms with Crippen molar-refractivity contribution in [2.75, 3.05) is 5.32 Å². The molecule has 1 unspecified atom stereocenters. The molecule has 1 amide bonds. The number of carbonyl (C=O) groups is 1. The van der Waals surface area contributed by atoms with Crippen molar-refractivity contribution in [3.8, 4) is 0 Å². The van der Waals surface area contributed by atoms with Crippen LogP contribution in [-0.2, 0) is 12.8 Å². The van der Waals surface area contributed by atoms with Crippen LogP contribution in [0.3, 0.4) is 0 Å². The second-order valence-electron chi connectivity index (χ2n) is 6.22. The van der Waals surface area contributed by atoms with Crippen molar-refractivity contribution >= 4 is 33.1 Å². The van der Waals surface area contributed by atoms with Gasteiger partial charge in [0.05, 0.1) is 5.69 Å². The number of fused-ring (bicyclic) bond motifs is 2. The first-order valence-electron chi connectivity index (χ1n) is 7.98. The van der Waals surface area contributed by atoms with Crippen molar-refractivity contribution in [3.63, 3.8) is 0 Å². The molecule has 1 aliphatic rings. The van der Waals surface area contributed by atoms with Gasteiger partial charge in [-0.1, -0.05) is 43.3 Å². The lowest BCUT2D eigenvalue weighted by atomic mass is 9.93. The zero-order valence-electron chi connectivity index (χ0n) is 13.0. The number of hydrogen-bond donors (Lipinski definition) is 1. The second kappa shape index (κ2) is 5.78. The quantitative estimate of drug-likeness (QED) is 0.745. The van der Waals surface area contributed by atoms with Gasteiger partial charge < -0.3 is 0 Å². The third kappa shape index (κ3) is 2.75. The third-order valence-electron chi connectivity index (χ3n) is 4.44. The number of aryl methyl sites for hydroxylation is 1. The highest BCUT2D eigenvalue weighted by Gasteiger charge is 2.21. The van der Waals surface area contributed by atoms with E-state index in [2.05, 4.69) is 17.2 Å². The number of amides is 1. The predicted molar refractivity (Wildman–Crippen MR) is 95.2 cm³/mol. The van der Waals surface area contributed by atoms with Crippen LogP contribution in [-0.4, -0.2) is 10.9 Å². The minimum Gasteiger partial charge on any atom is -0.298 e. The number of anilines is 1. The Bertz CT molecular complexity index is 879. The topological polar surface area (TPSA) is 42.0 Å². The van der Waals surface area contributed by atoms with Crippen molar-refractivity contribution in [1.82, 2.24) is 4.98 Å². The Balaban J connectivity index is 1.63. The van der Waals surface area contributed by atoms with E-state index >= 15 is 0 Å². The van der Waals surface area contributed by atoms with Crippen LogP contribution in [0.15, 0.2) is 42.5 Å². The van der Waals surface area contributed by atoms with Crippen molar-refractivity contribution in [2.24, 2.45) is 5.92 Å². The van der Waals surface area contributed by atoms with Crippen molar-refractivity contribution < 1.29 is 4.79 Å². The number of hydrogen-bond acceptors (Lipinski definition) is 3. The molecule has 1 aliphatic carbocycles. The fraction of sp³-hybridized carbons (Fsp3) is 0.263. The highest BCUT2D eigenvalue weighted by molar-refractivity contribution is 7.15. The summed E-state index contributed by atoms with van der Waals surface area (Å²) in [7, 11) is 0. The number of benzene rings is 2. The number of aromatic nitrogens is 1. The Kier molecular flexibility index (Phi) is 3.62. The molecule has 1 heterocycles. The molecular weight excluding hydrogens is 304 g/mol. The van der Waals surface area contributed by atoms with Gasteiger partial charge in [-0.3, -0.25) is 10.1 Å². The van der Waals surface area contributed by atoms with Crippen LogP contribution >= 0.6 is 11.3 Å². The molecule has 4 heteroatoms. The van der Waals surface area contributed by atoms with E-state index in [-0.39, 0.29) is 5.91 Å². The summed E-state index contributed by atoms with van der Waals surface area (Å²) in [6.07, 6.45) is 3.29. The summed E-state index contributed by atoms with van der Waals surface area (Å²) in [5, 5.41) is 5.77. The fourth-order valence-electron chi connectivity index (χ4n) is 3.18. The molecule has 0 bridgehead atoms. The first-order chi connectivity index (χ1) is 11.2. The average molecular weight is 322 g/mol. The highest BCUT2D eigenvalue weighted by atomic mass is 32.1. The van der Waals surface area contributed by atoms with Gasteiger partial charge >= 0.3 is 0 Å². The van der Waals surface area contributed by atoms with E-state index < -0.39 is 0 Å². The third-order valence-corrected chi connectivity index (χ3v) is 5.48. The van der Waals surface area contributed by atoms with Gasteiger partial charge in [0, 0.05) is 10.4 Å². The Morgan fingerprint density at radius 2 is 2.04 bits per heavy atom. The summed E-state index contributed by atoms with van der Waals surface area (Å²) < 4.78 is 0. The van der Waals surface area contributed by atoms with Gasteiger partial charge in [-0.25, -0.2) is 4.98 Å². The summed E-state index contributed by atoms with van der Waals surface area (Å²) >= 11 is 1.62. The normalized spacial score (nSPS) is 17.0. The van der Waals surface area contributed by atoms with Crippen LogP contribution in [0.2, 0.25) is 0 Å².